The fourth-order valence-electron chi connectivity index (χ4n) is 2.59. The van der Waals surface area contributed by atoms with E-state index in [0.29, 0.717) is 5.56 Å². The molecule has 0 radical (unpaired) electrons. The summed E-state index contributed by atoms with van der Waals surface area (Å²) in [6, 6.07) is 13.2. The summed E-state index contributed by atoms with van der Waals surface area (Å²) in [6.07, 6.45) is 0.0950. The van der Waals surface area contributed by atoms with Gasteiger partial charge in [0.15, 0.2) is 5.69 Å². The maximum absolute atomic E-state index is 13.1. The summed E-state index contributed by atoms with van der Waals surface area (Å²) in [6.45, 7) is 0. The van der Waals surface area contributed by atoms with Gasteiger partial charge in [0.2, 0.25) is 5.78 Å². The fraction of sp³-hybridized carbons (Fsp3) is 0.105. The van der Waals surface area contributed by atoms with Gasteiger partial charge >= 0.3 is 0 Å². The Bertz CT molecular complexity index is 1010. The number of ketones is 1. The van der Waals surface area contributed by atoms with Gasteiger partial charge < -0.3 is 11.1 Å². The van der Waals surface area contributed by atoms with Gasteiger partial charge in [-0.1, -0.05) is 30.3 Å². The van der Waals surface area contributed by atoms with E-state index in [9.17, 15) is 18.8 Å². The van der Waals surface area contributed by atoms with E-state index in [1.54, 1.807) is 24.3 Å². The number of amides is 2. The molecule has 3 aromatic rings. The molecule has 0 saturated carbocycles. The number of nitrogens with two attached hydrogens (primary N) is 1. The van der Waals surface area contributed by atoms with E-state index in [1.807, 2.05) is 6.07 Å². The summed E-state index contributed by atoms with van der Waals surface area (Å²) in [5.41, 5.74) is 6.60. The van der Waals surface area contributed by atoms with Crippen molar-refractivity contribution in [2.75, 3.05) is 0 Å². The smallest absolute Gasteiger partial charge is 0.287 e. The van der Waals surface area contributed by atoms with Gasteiger partial charge in [-0.15, -0.1) is 0 Å². The highest BCUT2D eigenvalue weighted by Gasteiger charge is 2.28. The second kappa shape index (κ2) is 8.49. The highest BCUT2D eigenvalue weighted by molar-refractivity contribution is 6.99. The number of Topliss-reactive ketones (excluding diaryl/α,β-unsaturated/α-hetero) is 1. The first-order valence-electron chi connectivity index (χ1n) is 8.22. The molecule has 0 saturated heterocycles. The van der Waals surface area contributed by atoms with Crippen LogP contribution in [0.2, 0.25) is 0 Å². The number of nitrogens with one attached hydrogen (secondary N) is 1. The summed E-state index contributed by atoms with van der Waals surface area (Å²) in [7, 11) is 0. The third-order valence-electron chi connectivity index (χ3n) is 3.97. The number of nitrogens with zero attached hydrogens (tertiary/aromatic N) is 2. The minimum absolute atomic E-state index is 0.0214. The molecule has 2 amide bonds. The van der Waals surface area contributed by atoms with Crippen LogP contribution in [0.15, 0.2) is 54.6 Å². The third-order valence-corrected chi connectivity index (χ3v) is 4.50. The second-order valence-electron chi connectivity index (χ2n) is 5.91. The molecule has 1 heterocycles. The highest BCUT2D eigenvalue weighted by Crippen LogP contribution is 2.22. The number of hydrogen-bond acceptors (Lipinski definition) is 6. The number of primary amides is 1. The van der Waals surface area contributed by atoms with Gasteiger partial charge in [0.05, 0.1) is 11.7 Å². The quantitative estimate of drug-likeness (QED) is 0.588. The number of hydrogen-bond donors (Lipinski definition) is 2. The molecule has 1 aromatic heterocycles. The Morgan fingerprint density at radius 2 is 1.71 bits per heavy atom. The lowest BCUT2D eigenvalue weighted by atomic mass is 10.0. The molecule has 1 atom stereocenters. The molecule has 2 aromatic carbocycles. The van der Waals surface area contributed by atoms with E-state index in [2.05, 4.69) is 14.1 Å². The first-order valence-corrected chi connectivity index (χ1v) is 8.95. The van der Waals surface area contributed by atoms with Gasteiger partial charge in [0.1, 0.15) is 17.6 Å². The zero-order valence-corrected chi connectivity index (χ0v) is 15.3. The summed E-state index contributed by atoms with van der Waals surface area (Å²) in [5, 5.41) is 2.51. The van der Waals surface area contributed by atoms with Crippen molar-refractivity contribution in [3.63, 3.8) is 0 Å². The first-order chi connectivity index (χ1) is 13.5. The Kier molecular flexibility index (Phi) is 5.85. The van der Waals surface area contributed by atoms with Crippen LogP contribution in [0.5, 0.6) is 0 Å². The van der Waals surface area contributed by atoms with Gasteiger partial charge in [-0.3, -0.25) is 14.4 Å². The lowest BCUT2D eigenvalue weighted by Crippen LogP contribution is -2.47. The van der Waals surface area contributed by atoms with Crippen LogP contribution in [-0.2, 0) is 16.0 Å². The standard InChI is InChI=1S/C19H15FN4O3S/c20-13-8-6-12(7-9-13)15-16(24-28-23-15)19(27)22-14(17(25)18(21)26)10-11-4-2-1-3-5-11/h1-9,14H,10H2,(H2,21,26)(H,22,27). The molecule has 3 N–H and O–H groups in total. The Morgan fingerprint density at radius 3 is 2.36 bits per heavy atom. The van der Waals surface area contributed by atoms with Crippen molar-refractivity contribution in [2.24, 2.45) is 5.73 Å². The molecule has 28 heavy (non-hydrogen) atoms. The van der Waals surface area contributed by atoms with Crippen LogP contribution in [0, 0.1) is 5.82 Å². The molecule has 0 aliphatic carbocycles. The average Bonchev–Trinajstić information content (AvgIpc) is 3.18. The van der Waals surface area contributed by atoms with E-state index in [0.717, 1.165) is 17.3 Å². The summed E-state index contributed by atoms with van der Waals surface area (Å²) in [4.78, 5) is 36.3. The molecule has 142 valence electrons. The summed E-state index contributed by atoms with van der Waals surface area (Å²) < 4.78 is 21.2. The minimum Gasteiger partial charge on any atom is -0.363 e. The topological polar surface area (TPSA) is 115 Å². The van der Waals surface area contributed by atoms with Crippen LogP contribution >= 0.6 is 11.7 Å². The molecular formula is C19H15FN4O3S. The Morgan fingerprint density at radius 1 is 1.04 bits per heavy atom. The number of carbonyl (C=O) groups excluding carboxylic acids is 3. The van der Waals surface area contributed by atoms with Crippen molar-refractivity contribution >= 4 is 29.3 Å². The molecule has 7 nitrogen and oxygen atoms in total. The zero-order chi connectivity index (χ0) is 20.1. The molecular weight excluding hydrogens is 383 g/mol. The largest absolute Gasteiger partial charge is 0.363 e. The Balaban J connectivity index is 1.84. The Hall–Kier alpha value is -3.46. The van der Waals surface area contributed by atoms with Crippen molar-refractivity contribution in [3.8, 4) is 11.3 Å². The number of rotatable bonds is 7. The predicted molar refractivity (Wildman–Crippen MR) is 101 cm³/mol. The lowest BCUT2D eigenvalue weighted by Gasteiger charge is -2.16. The molecule has 0 bridgehead atoms. The number of aromatic nitrogens is 2. The van der Waals surface area contributed by atoms with Gasteiger partial charge in [0.25, 0.3) is 11.8 Å². The van der Waals surface area contributed by atoms with Crippen molar-refractivity contribution in [1.82, 2.24) is 14.1 Å². The number of halogens is 1. The highest BCUT2D eigenvalue weighted by atomic mass is 32.1. The maximum Gasteiger partial charge on any atom is 0.287 e. The Labute approximate surface area is 163 Å². The van der Waals surface area contributed by atoms with E-state index in [-0.39, 0.29) is 17.8 Å². The van der Waals surface area contributed by atoms with Gasteiger partial charge in [-0.25, -0.2) is 4.39 Å². The van der Waals surface area contributed by atoms with Crippen LogP contribution in [-0.4, -0.2) is 32.4 Å². The van der Waals surface area contributed by atoms with Crippen LogP contribution in [0.25, 0.3) is 11.3 Å². The van der Waals surface area contributed by atoms with E-state index in [1.165, 1.54) is 24.3 Å². The van der Waals surface area contributed by atoms with Crippen LogP contribution in [0.1, 0.15) is 16.1 Å². The second-order valence-corrected chi connectivity index (χ2v) is 6.44. The van der Waals surface area contributed by atoms with Crippen LogP contribution in [0.4, 0.5) is 4.39 Å². The first kappa shape index (κ1) is 19.3. The van der Waals surface area contributed by atoms with E-state index in [4.69, 9.17) is 5.73 Å². The van der Waals surface area contributed by atoms with Gasteiger partial charge in [-0.2, -0.15) is 8.75 Å². The molecule has 3 rings (SSSR count). The van der Waals surface area contributed by atoms with Gasteiger partial charge in [0, 0.05) is 12.0 Å². The van der Waals surface area contributed by atoms with Crippen LogP contribution in [0.3, 0.4) is 0 Å². The molecule has 0 fully saturated rings. The maximum atomic E-state index is 13.1. The molecule has 0 aliphatic rings. The molecule has 0 spiro atoms. The van der Waals surface area contributed by atoms with Crippen molar-refractivity contribution in [1.29, 1.82) is 0 Å². The van der Waals surface area contributed by atoms with Gasteiger partial charge in [-0.05, 0) is 29.8 Å². The van der Waals surface area contributed by atoms with E-state index >= 15 is 0 Å². The lowest BCUT2D eigenvalue weighted by molar-refractivity contribution is -0.137. The number of benzene rings is 2. The van der Waals surface area contributed by atoms with E-state index < -0.39 is 29.5 Å². The number of carbonyl (C=O) groups is 3. The predicted octanol–water partition coefficient (Wildman–Crippen LogP) is 1.74. The van der Waals surface area contributed by atoms with Crippen molar-refractivity contribution in [2.45, 2.75) is 12.5 Å². The molecule has 1 unspecified atom stereocenters. The summed E-state index contributed by atoms with van der Waals surface area (Å²) in [5.74, 6) is -3.16. The van der Waals surface area contributed by atoms with Crippen LogP contribution < -0.4 is 11.1 Å². The normalized spacial score (nSPS) is 11.6. The van der Waals surface area contributed by atoms with Crippen molar-refractivity contribution in [3.05, 3.63) is 71.7 Å². The third kappa shape index (κ3) is 4.44. The molecule has 9 heteroatoms. The average molecular weight is 398 g/mol. The zero-order valence-electron chi connectivity index (χ0n) is 14.5. The summed E-state index contributed by atoms with van der Waals surface area (Å²) >= 11 is 0.808. The molecule has 0 aliphatic heterocycles. The SMILES string of the molecule is NC(=O)C(=O)C(Cc1ccccc1)NC(=O)c1nsnc1-c1ccc(F)cc1. The minimum atomic E-state index is -1.14. The van der Waals surface area contributed by atoms with Crippen molar-refractivity contribution < 1.29 is 18.8 Å². The monoisotopic (exact) mass is 398 g/mol. The fourth-order valence-corrected chi connectivity index (χ4v) is 3.16.